The molecule has 1 N–H and O–H groups in total. The van der Waals surface area contributed by atoms with Crippen molar-refractivity contribution in [3.63, 3.8) is 0 Å². The lowest BCUT2D eigenvalue weighted by Gasteiger charge is -2.35. The first-order valence-corrected chi connectivity index (χ1v) is 9.17. The zero-order valence-corrected chi connectivity index (χ0v) is 14.7. The van der Waals surface area contributed by atoms with Crippen molar-refractivity contribution in [3.8, 4) is 0 Å². The van der Waals surface area contributed by atoms with Crippen molar-refractivity contribution in [2.75, 3.05) is 25.0 Å². The van der Waals surface area contributed by atoms with Gasteiger partial charge in [0.1, 0.15) is 0 Å². The molecule has 3 amide bonds. The quantitative estimate of drug-likeness (QED) is 0.903. The predicted molar refractivity (Wildman–Crippen MR) is 101 cm³/mol. The third kappa shape index (κ3) is 3.43. The van der Waals surface area contributed by atoms with Crippen LogP contribution in [-0.4, -0.2) is 47.4 Å². The Hall–Kier alpha value is -2.82. The molecule has 0 aliphatic carbocycles. The highest BCUT2D eigenvalue weighted by molar-refractivity contribution is 5.94. The first-order chi connectivity index (χ1) is 12.7. The number of hydrogen-bond acceptors (Lipinski definition) is 2. The second-order valence-electron chi connectivity index (χ2n) is 7.12. The number of nitrogens with zero attached hydrogens (tertiary/aromatic N) is 2. The van der Waals surface area contributed by atoms with Crippen LogP contribution in [0.2, 0.25) is 0 Å². The maximum Gasteiger partial charge on any atom is 0.322 e. The Balaban J connectivity index is 1.48. The van der Waals surface area contributed by atoms with E-state index in [0.29, 0.717) is 24.6 Å². The number of fused-ring (bicyclic) bond motifs is 4. The van der Waals surface area contributed by atoms with Crippen molar-refractivity contribution in [2.24, 2.45) is 5.92 Å². The van der Waals surface area contributed by atoms with E-state index in [-0.39, 0.29) is 18.0 Å². The molecule has 0 saturated carbocycles. The molecule has 3 aliphatic heterocycles. The van der Waals surface area contributed by atoms with Gasteiger partial charge in [-0.1, -0.05) is 36.4 Å². The molecule has 0 unspecified atom stereocenters. The summed E-state index contributed by atoms with van der Waals surface area (Å²) in [4.78, 5) is 29.5. The SMILES string of the molecule is O=C(c1ccccc1)N1C[C@@H]2CC[C@H](C1)N(C(=O)Nc1ccccc1)C2. The molecule has 0 aromatic heterocycles. The van der Waals surface area contributed by atoms with Gasteiger partial charge < -0.3 is 15.1 Å². The highest BCUT2D eigenvalue weighted by atomic mass is 16.2. The molecule has 2 aromatic rings. The molecule has 0 spiro atoms. The third-order valence-electron chi connectivity index (χ3n) is 5.31. The highest BCUT2D eigenvalue weighted by Gasteiger charge is 2.38. The first kappa shape index (κ1) is 16.6. The van der Waals surface area contributed by atoms with Gasteiger partial charge in [-0.2, -0.15) is 0 Å². The number of carbonyl (C=O) groups excluding carboxylic acids is 2. The number of para-hydroxylation sites is 1. The Morgan fingerprint density at radius 3 is 2.27 bits per heavy atom. The summed E-state index contributed by atoms with van der Waals surface area (Å²) in [5.74, 6) is 0.399. The summed E-state index contributed by atoms with van der Waals surface area (Å²) in [6.07, 6.45) is 2.02. The van der Waals surface area contributed by atoms with Crippen LogP contribution in [0.4, 0.5) is 10.5 Å². The lowest BCUT2D eigenvalue weighted by atomic mass is 9.95. The molecule has 3 heterocycles. The van der Waals surface area contributed by atoms with Gasteiger partial charge in [0.15, 0.2) is 0 Å². The fraction of sp³-hybridized carbons (Fsp3) is 0.333. The number of benzene rings is 2. The molecule has 5 nitrogen and oxygen atoms in total. The van der Waals surface area contributed by atoms with E-state index < -0.39 is 0 Å². The van der Waals surface area contributed by atoms with Gasteiger partial charge in [0.25, 0.3) is 5.91 Å². The fourth-order valence-corrected chi connectivity index (χ4v) is 3.98. The summed E-state index contributed by atoms with van der Waals surface area (Å²) >= 11 is 0. The summed E-state index contributed by atoms with van der Waals surface area (Å²) in [6, 6.07) is 18.9. The van der Waals surface area contributed by atoms with Gasteiger partial charge in [-0.05, 0) is 43.0 Å². The lowest BCUT2D eigenvalue weighted by molar-refractivity contribution is 0.0743. The van der Waals surface area contributed by atoms with Gasteiger partial charge in [0.05, 0.1) is 6.04 Å². The number of carbonyl (C=O) groups is 2. The zero-order valence-electron chi connectivity index (χ0n) is 14.7. The van der Waals surface area contributed by atoms with Crippen LogP contribution in [-0.2, 0) is 0 Å². The van der Waals surface area contributed by atoms with Crippen molar-refractivity contribution in [1.82, 2.24) is 9.80 Å². The predicted octanol–water partition coefficient (Wildman–Crippen LogP) is 3.46. The Labute approximate surface area is 153 Å². The molecule has 3 saturated heterocycles. The molecular formula is C21H23N3O2. The van der Waals surface area contributed by atoms with Crippen LogP contribution in [0.15, 0.2) is 60.7 Å². The highest BCUT2D eigenvalue weighted by Crippen LogP contribution is 2.29. The monoisotopic (exact) mass is 349 g/mol. The second kappa shape index (κ2) is 7.20. The van der Waals surface area contributed by atoms with E-state index in [0.717, 1.165) is 25.1 Å². The molecule has 3 fully saturated rings. The number of urea groups is 1. The minimum atomic E-state index is -0.0695. The average Bonchev–Trinajstić information content (AvgIpc) is 3.01. The summed E-state index contributed by atoms with van der Waals surface area (Å²) < 4.78 is 0. The summed E-state index contributed by atoms with van der Waals surface area (Å²) in [6.45, 7) is 2.04. The van der Waals surface area contributed by atoms with Crippen LogP contribution in [0.5, 0.6) is 0 Å². The Morgan fingerprint density at radius 1 is 0.846 bits per heavy atom. The minimum absolute atomic E-state index is 0.0628. The van der Waals surface area contributed by atoms with E-state index in [1.807, 2.05) is 70.5 Å². The standard InChI is InChI=1S/C21H23N3O2/c25-20(17-7-3-1-4-8-17)23-13-16-11-12-19(15-23)24(14-16)21(26)22-18-9-5-2-6-10-18/h1-10,16,19H,11-15H2,(H,22,26)/t16-,19+/m0/s1. The number of anilines is 1. The molecular weight excluding hydrogens is 326 g/mol. The molecule has 5 heteroatoms. The largest absolute Gasteiger partial charge is 0.336 e. The number of hydrogen-bond donors (Lipinski definition) is 1. The van der Waals surface area contributed by atoms with Crippen LogP contribution in [0.1, 0.15) is 23.2 Å². The van der Waals surface area contributed by atoms with Gasteiger partial charge in [0, 0.05) is 30.9 Å². The smallest absolute Gasteiger partial charge is 0.322 e. The second-order valence-corrected chi connectivity index (χ2v) is 7.12. The van der Waals surface area contributed by atoms with Gasteiger partial charge in [-0.3, -0.25) is 4.79 Å². The van der Waals surface area contributed by atoms with E-state index >= 15 is 0 Å². The number of nitrogens with one attached hydrogen (secondary N) is 1. The Bertz CT molecular complexity index is 778. The van der Waals surface area contributed by atoms with E-state index in [2.05, 4.69) is 5.32 Å². The first-order valence-electron chi connectivity index (χ1n) is 9.17. The van der Waals surface area contributed by atoms with Crippen LogP contribution < -0.4 is 5.32 Å². The van der Waals surface area contributed by atoms with Crippen LogP contribution in [0, 0.1) is 5.92 Å². The molecule has 2 bridgehead atoms. The molecule has 5 rings (SSSR count). The summed E-state index contributed by atoms with van der Waals surface area (Å²) in [5, 5.41) is 2.98. The maximum absolute atomic E-state index is 12.8. The van der Waals surface area contributed by atoms with Crippen LogP contribution >= 0.6 is 0 Å². The molecule has 3 aliphatic rings. The number of amides is 3. The normalized spacial score (nSPS) is 22.0. The van der Waals surface area contributed by atoms with Gasteiger partial charge >= 0.3 is 6.03 Å². The average molecular weight is 349 g/mol. The van der Waals surface area contributed by atoms with Crippen molar-refractivity contribution in [2.45, 2.75) is 18.9 Å². The van der Waals surface area contributed by atoms with E-state index in [1.165, 1.54) is 0 Å². The topological polar surface area (TPSA) is 52.7 Å². The number of piperidine rings is 1. The van der Waals surface area contributed by atoms with E-state index in [1.54, 1.807) is 0 Å². The molecule has 26 heavy (non-hydrogen) atoms. The van der Waals surface area contributed by atoms with Crippen molar-refractivity contribution >= 4 is 17.6 Å². The van der Waals surface area contributed by atoms with E-state index in [4.69, 9.17) is 0 Å². The lowest BCUT2D eigenvalue weighted by Crippen LogP contribution is -2.49. The van der Waals surface area contributed by atoms with Gasteiger partial charge in [-0.15, -0.1) is 0 Å². The van der Waals surface area contributed by atoms with Crippen molar-refractivity contribution in [3.05, 3.63) is 66.2 Å². The van der Waals surface area contributed by atoms with Gasteiger partial charge in [0.2, 0.25) is 0 Å². The van der Waals surface area contributed by atoms with Gasteiger partial charge in [-0.25, -0.2) is 4.79 Å². The zero-order chi connectivity index (χ0) is 17.9. The Morgan fingerprint density at radius 2 is 1.54 bits per heavy atom. The Kier molecular flexibility index (Phi) is 4.61. The molecule has 134 valence electrons. The van der Waals surface area contributed by atoms with Crippen LogP contribution in [0.25, 0.3) is 0 Å². The minimum Gasteiger partial charge on any atom is -0.336 e. The van der Waals surface area contributed by atoms with Crippen molar-refractivity contribution in [1.29, 1.82) is 0 Å². The van der Waals surface area contributed by atoms with Crippen molar-refractivity contribution < 1.29 is 9.59 Å². The molecule has 0 radical (unpaired) electrons. The third-order valence-corrected chi connectivity index (χ3v) is 5.31. The molecule has 2 aromatic carbocycles. The number of rotatable bonds is 2. The molecule has 2 atom stereocenters. The summed E-state index contributed by atoms with van der Waals surface area (Å²) in [7, 11) is 0. The fourth-order valence-electron chi connectivity index (χ4n) is 3.98. The van der Waals surface area contributed by atoms with Crippen LogP contribution in [0.3, 0.4) is 0 Å². The maximum atomic E-state index is 12.8. The summed E-state index contributed by atoms with van der Waals surface area (Å²) in [5.41, 5.74) is 1.52. The van der Waals surface area contributed by atoms with E-state index in [9.17, 15) is 9.59 Å².